The molecule has 0 heterocycles. The standard InChI is InChI=1S/C13H14F3NO2/c1-3-9(8-12(18)19-2)17-11-7-5-4-6-10(11)13(14,15)16/h4-7H,3,8H2,1-2H3. The van der Waals surface area contributed by atoms with Gasteiger partial charge in [-0.25, -0.2) is 0 Å². The highest BCUT2D eigenvalue weighted by Gasteiger charge is 2.33. The Morgan fingerprint density at radius 1 is 1.32 bits per heavy atom. The molecule has 0 aromatic heterocycles. The number of benzene rings is 1. The van der Waals surface area contributed by atoms with Gasteiger partial charge in [0.05, 0.1) is 24.8 Å². The van der Waals surface area contributed by atoms with Crippen LogP contribution in [-0.2, 0) is 15.7 Å². The van der Waals surface area contributed by atoms with E-state index in [0.29, 0.717) is 12.1 Å². The van der Waals surface area contributed by atoms with Gasteiger partial charge in [0.15, 0.2) is 0 Å². The third-order valence-electron chi connectivity index (χ3n) is 2.47. The van der Waals surface area contributed by atoms with Crippen LogP contribution in [0.15, 0.2) is 29.3 Å². The van der Waals surface area contributed by atoms with Crippen LogP contribution in [0.25, 0.3) is 0 Å². The molecule has 0 unspecified atom stereocenters. The fourth-order valence-electron chi connectivity index (χ4n) is 1.46. The Kier molecular flexibility index (Phi) is 5.09. The van der Waals surface area contributed by atoms with Gasteiger partial charge in [0.1, 0.15) is 0 Å². The van der Waals surface area contributed by atoms with Crippen molar-refractivity contribution in [1.82, 2.24) is 0 Å². The van der Waals surface area contributed by atoms with Crippen LogP contribution >= 0.6 is 0 Å². The summed E-state index contributed by atoms with van der Waals surface area (Å²) in [6.45, 7) is 1.72. The second-order valence-electron chi connectivity index (χ2n) is 3.80. The average Bonchev–Trinajstić information content (AvgIpc) is 2.37. The van der Waals surface area contributed by atoms with Crippen molar-refractivity contribution < 1.29 is 22.7 Å². The van der Waals surface area contributed by atoms with Crippen LogP contribution in [0, 0.1) is 0 Å². The number of aliphatic imine (C=N–C) groups is 1. The molecule has 0 aliphatic rings. The zero-order valence-electron chi connectivity index (χ0n) is 10.6. The third kappa shape index (κ3) is 4.39. The number of para-hydroxylation sites is 1. The molecule has 0 fully saturated rings. The monoisotopic (exact) mass is 273 g/mol. The molecule has 3 nitrogen and oxygen atoms in total. The van der Waals surface area contributed by atoms with Crippen molar-refractivity contribution in [1.29, 1.82) is 0 Å². The number of halogens is 3. The molecular weight excluding hydrogens is 259 g/mol. The summed E-state index contributed by atoms with van der Waals surface area (Å²) >= 11 is 0. The van der Waals surface area contributed by atoms with Crippen molar-refractivity contribution in [3.05, 3.63) is 29.8 Å². The lowest BCUT2D eigenvalue weighted by atomic mass is 10.1. The molecule has 0 spiro atoms. The molecule has 19 heavy (non-hydrogen) atoms. The number of esters is 1. The molecule has 0 radical (unpaired) electrons. The van der Waals surface area contributed by atoms with Crippen molar-refractivity contribution in [3.63, 3.8) is 0 Å². The summed E-state index contributed by atoms with van der Waals surface area (Å²) in [5.41, 5.74) is -0.648. The number of hydrogen-bond donors (Lipinski definition) is 0. The van der Waals surface area contributed by atoms with Gasteiger partial charge < -0.3 is 4.74 Å². The third-order valence-corrected chi connectivity index (χ3v) is 2.47. The molecule has 0 bridgehead atoms. The molecule has 1 aromatic carbocycles. The van der Waals surface area contributed by atoms with Crippen LogP contribution in [0.1, 0.15) is 25.3 Å². The summed E-state index contributed by atoms with van der Waals surface area (Å²) in [4.78, 5) is 15.1. The number of alkyl halides is 3. The Bertz CT molecular complexity index is 481. The van der Waals surface area contributed by atoms with Crippen LogP contribution in [-0.4, -0.2) is 18.8 Å². The minimum Gasteiger partial charge on any atom is -0.469 e. The van der Waals surface area contributed by atoms with Crippen molar-refractivity contribution >= 4 is 17.4 Å². The second kappa shape index (κ2) is 6.36. The summed E-state index contributed by atoms with van der Waals surface area (Å²) in [5.74, 6) is -0.523. The zero-order valence-corrected chi connectivity index (χ0v) is 10.6. The maximum atomic E-state index is 12.8. The number of carbonyl (C=O) groups excluding carboxylic acids is 1. The van der Waals surface area contributed by atoms with Crippen LogP contribution in [0.5, 0.6) is 0 Å². The SMILES string of the molecule is CCC(CC(=O)OC)=Nc1ccccc1C(F)(F)F. The minimum atomic E-state index is -4.47. The molecule has 0 aliphatic heterocycles. The van der Waals surface area contributed by atoms with Gasteiger partial charge in [-0.2, -0.15) is 13.2 Å². The molecule has 6 heteroatoms. The number of rotatable bonds is 4. The molecule has 0 saturated carbocycles. The summed E-state index contributed by atoms with van der Waals surface area (Å²) in [6, 6.07) is 5.01. The normalized spacial score (nSPS) is 12.4. The van der Waals surface area contributed by atoms with Gasteiger partial charge in [0, 0.05) is 5.71 Å². The predicted octanol–water partition coefficient (Wildman–Crippen LogP) is 3.75. The van der Waals surface area contributed by atoms with E-state index in [4.69, 9.17) is 0 Å². The Labute approximate surface area is 109 Å². The molecule has 0 amide bonds. The molecular formula is C13H14F3NO2. The van der Waals surface area contributed by atoms with E-state index in [9.17, 15) is 18.0 Å². The van der Waals surface area contributed by atoms with E-state index < -0.39 is 17.7 Å². The predicted molar refractivity (Wildman–Crippen MR) is 65.5 cm³/mol. The van der Waals surface area contributed by atoms with Gasteiger partial charge in [-0.05, 0) is 18.6 Å². The first-order chi connectivity index (χ1) is 8.88. The summed E-state index contributed by atoms with van der Waals surface area (Å²) in [6.07, 6.45) is -4.20. The van der Waals surface area contributed by atoms with Crippen molar-refractivity contribution in [2.24, 2.45) is 4.99 Å². The average molecular weight is 273 g/mol. The molecule has 0 N–H and O–H groups in total. The van der Waals surface area contributed by atoms with Gasteiger partial charge in [-0.1, -0.05) is 19.1 Å². The summed E-state index contributed by atoms with van der Waals surface area (Å²) in [7, 11) is 1.22. The van der Waals surface area contributed by atoms with Crippen molar-refractivity contribution in [2.45, 2.75) is 25.9 Å². The highest BCUT2D eigenvalue weighted by Crippen LogP contribution is 2.36. The first kappa shape index (κ1) is 15.2. The van der Waals surface area contributed by atoms with Crippen LogP contribution < -0.4 is 0 Å². The zero-order chi connectivity index (χ0) is 14.5. The lowest BCUT2D eigenvalue weighted by molar-refractivity contribution is -0.139. The first-order valence-corrected chi connectivity index (χ1v) is 5.68. The Morgan fingerprint density at radius 2 is 1.95 bits per heavy atom. The van der Waals surface area contributed by atoms with E-state index in [1.54, 1.807) is 6.92 Å². The van der Waals surface area contributed by atoms with Gasteiger partial charge in [-0.3, -0.25) is 9.79 Å². The number of nitrogens with zero attached hydrogens (tertiary/aromatic N) is 1. The van der Waals surface area contributed by atoms with Gasteiger partial charge in [0.2, 0.25) is 0 Å². The molecule has 0 aliphatic carbocycles. The lowest BCUT2D eigenvalue weighted by Crippen LogP contribution is -2.09. The summed E-state index contributed by atoms with van der Waals surface area (Å²) in [5, 5.41) is 0. The highest BCUT2D eigenvalue weighted by molar-refractivity contribution is 6.00. The largest absolute Gasteiger partial charge is 0.469 e. The number of carbonyl (C=O) groups is 1. The Hall–Kier alpha value is -1.85. The fraction of sp³-hybridized carbons (Fsp3) is 0.385. The molecule has 104 valence electrons. The van der Waals surface area contributed by atoms with Gasteiger partial charge in [-0.15, -0.1) is 0 Å². The molecule has 0 atom stereocenters. The van der Waals surface area contributed by atoms with E-state index in [0.717, 1.165) is 6.07 Å². The number of methoxy groups -OCH3 is 1. The lowest BCUT2D eigenvalue weighted by Gasteiger charge is -2.10. The highest BCUT2D eigenvalue weighted by atomic mass is 19.4. The number of hydrogen-bond acceptors (Lipinski definition) is 3. The van der Waals surface area contributed by atoms with E-state index >= 15 is 0 Å². The van der Waals surface area contributed by atoms with Crippen LogP contribution in [0.4, 0.5) is 18.9 Å². The minimum absolute atomic E-state index is 0.112. The van der Waals surface area contributed by atoms with Gasteiger partial charge >= 0.3 is 12.1 Å². The quantitative estimate of drug-likeness (QED) is 0.619. The number of ether oxygens (including phenoxy) is 1. The van der Waals surface area contributed by atoms with Crippen molar-refractivity contribution in [2.75, 3.05) is 7.11 Å². The van der Waals surface area contributed by atoms with Crippen LogP contribution in [0.3, 0.4) is 0 Å². The Balaban J connectivity index is 3.12. The molecule has 0 saturated heterocycles. The summed E-state index contributed by atoms with van der Waals surface area (Å²) < 4.78 is 42.8. The van der Waals surface area contributed by atoms with Gasteiger partial charge in [0.25, 0.3) is 0 Å². The Morgan fingerprint density at radius 3 is 2.47 bits per heavy atom. The maximum Gasteiger partial charge on any atom is 0.418 e. The maximum absolute atomic E-state index is 12.8. The topological polar surface area (TPSA) is 38.7 Å². The van der Waals surface area contributed by atoms with Crippen LogP contribution in [0.2, 0.25) is 0 Å². The molecule has 1 aromatic rings. The van der Waals surface area contributed by atoms with Crippen molar-refractivity contribution in [3.8, 4) is 0 Å². The van der Waals surface area contributed by atoms with E-state index in [2.05, 4.69) is 9.73 Å². The molecule has 1 rings (SSSR count). The van der Waals surface area contributed by atoms with E-state index in [1.165, 1.54) is 25.3 Å². The van der Waals surface area contributed by atoms with E-state index in [1.807, 2.05) is 0 Å². The first-order valence-electron chi connectivity index (χ1n) is 5.68. The fourth-order valence-corrected chi connectivity index (χ4v) is 1.46. The van der Waals surface area contributed by atoms with E-state index in [-0.39, 0.29) is 12.1 Å². The smallest absolute Gasteiger partial charge is 0.418 e. The second-order valence-corrected chi connectivity index (χ2v) is 3.80.